The van der Waals surface area contributed by atoms with Gasteiger partial charge in [0.2, 0.25) is 11.6 Å². The number of aromatic nitrogens is 1. The highest BCUT2D eigenvalue weighted by Crippen LogP contribution is 2.41. The Hall–Kier alpha value is -3.29. The molecular weight excluding hydrogens is 316 g/mol. The SMILES string of the molecule is COc1cc(-c2nc3ccc([N+](=O)[O-])cc3o2)cc(OC)c1OC. The van der Waals surface area contributed by atoms with Crippen LogP contribution in [0.5, 0.6) is 17.2 Å². The van der Waals surface area contributed by atoms with Crippen molar-refractivity contribution in [3.05, 3.63) is 40.4 Å². The first-order chi connectivity index (χ1) is 11.6. The summed E-state index contributed by atoms with van der Waals surface area (Å²) >= 11 is 0. The second kappa shape index (κ2) is 6.07. The van der Waals surface area contributed by atoms with Crippen molar-refractivity contribution in [1.29, 1.82) is 0 Å². The first-order valence-electron chi connectivity index (χ1n) is 6.92. The molecule has 124 valence electrons. The van der Waals surface area contributed by atoms with Crippen molar-refractivity contribution in [2.24, 2.45) is 0 Å². The number of ether oxygens (including phenoxy) is 3. The van der Waals surface area contributed by atoms with Crippen molar-refractivity contribution in [1.82, 2.24) is 4.98 Å². The molecule has 3 aromatic rings. The van der Waals surface area contributed by atoms with Crippen molar-refractivity contribution in [2.45, 2.75) is 0 Å². The van der Waals surface area contributed by atoms with E-state index in [0.29, 0.717) is 39.8 Å². The molecule has 1 aromatic heterocycles. The number of oxazole rings is 1. The summed E-state index contributed by atoms with van der Waals surface area (Å²) < 4.78 is 21.5. The van der Waals surface area contributed by atoms with Gasteiger partial charge in [0.15, 0.2) is 17.1 Å². The zero-order chi connectivity index (χ0) is 17.3. The van der Waals surface area contributed by atoms with Gasteiger partial charge in [-0.2, -0.15) is 0 Å². The summed E-state index contributed by atoms with van der Waals surface area (Å²) in [6, 6.07) is 7.65. The molecule has 0 unspecified atom stereocenters. The Morgan fingerprint density at radius 2 is 1.71 bits per heavy atom. The highest BCUT2D eigenvalue weighted by Gasteiger charge is 2.18. The van der Waals surface area contributed by atoms with Crippen LogP contribution in [0.4, 0.5) is 5.69 Å². The lowest BCUT2D eigenvalue weighted by atomic mass is 10.2. The molecule has 8 heteroatoms. The van der Waals surface area contributed by atoms with Crippen LogP contribution in [0, 0.1) is 10.1 Å². The Bertz CT molecular complexity index is 893. The third-order valence-corrected chi connectivity index (χ3v) is 3.49. The fraction of sp³-hybridized carbons (Fsp3) is 0.188. The zero-order valence-corrected chi connectivity index (χ0v) is 13.2. The van der Waals surface area contributed by atoms with Gasteiger partial charge in [-0.25, -0.2) is 4.98 Å². The molecule has 3 rings (SSSR count). The lowest BCUT2D eigenvalue weighted by Gasteiger charge is -2.12. The highest BCUT2D eigenvalue weighted by molar-refractivity contribution is 5.79. The molecule has 0 spiro atoms. The van der Waals surface area contributed by atoms with Crippen LogP contribution in [0.3, 0.4) is 0 Å². The Kier molecular flexibility index (Phi) is 3.95. The topological polar surface area (TPSA) is 96.9 Å². The van der Waals surface area contributed by atoms with Gasteiger partial charge >= 0.3 is 0 Å². The molecule has 24 heavy (non-hydrogen) atoms. The molecule has 2 aromatic carbocycles. The van der Waals surface area contributed by atoms with Gasteiger partial charge < -0.3 is 18.6 Å². The summed E-state index contributed by atoms with van der Waals surface area (Å²) in [6.07, 6.45) is 0. The summed E-state index contributed by atoms with van der Waals surface area (Å²) in [6.45, 7) is 0. The fourth-order valence-corrected chi connectivity index (χ4v) is 2.35. The summed E-state index contributed by atoms with van der Waals surface area (Å²) in [4.78, 5) is 14.7. The number of rotatable bonds is 5. The monoisotopic (exact) mass is 330 g/mol. The summed E-state index contributed by atoms with van der Waals surface area (Å²) in [5.41, 5.74) is 1.38. The molecule has 0 saturated carbocycles. The van der Waals surface area contributed by atoms with E-state index in [4.69, 9.17) is 18.6 Å². The van der Waals surface area contributed by atoms with Crippen LogP contribution in [0.1, 0.15) is 0 Å². The minimum absolute atomic E-state index is 0.0601. The Morgan fingerprint density at radius 1 is 1.04 bits per heavy atom. The maximum absolute atomic E-state index is 10.9. The average Bonchev–Trinajstić information content (AvgIpc) is 3.03. The predicted octanol–water partition coefficient (Wildman–Crippen LogP) is 3.43. The normalized spacial score (nSPS) is 10.6. The van der Waals surface area contributed by atoms with Gasteiger partial charge in [-0.3, -0.25) is 10.1 Å². The van der Waals surface area contributed by atoms with Crippen molar-refractivity contribution in [2.75, 3.05) is 21.3 Å². The molecule has 0 fully saturated rings. The lowest BCUT2D eigenvalue weighted by molar-refractivity contribution is -0.384. The van der Waals surface area contributed by atoms with Crippen LogP contribution in [0.25, 0.3) is 22.6 Å². The minimum atomic E-state index is -0.485. The van der Waals surface area contributed by atoms with Gasteiger partial charge in [-0.1, -0.05) is 0 Å². The maximum atomic E-state index is 10.9. The number of hydrogen-bond donors (Lipinski definition) is 0. The summed E-state index contributed by atoms with van der Waals surface area (Å²) in [5.74, 6) is 1.67. The average molecular weight is 330 g/mol. The third kappa shape index (κ3) is 2.58. The van der Waals surface area contributed by atoms with E-state index in [1.54, 1.807) is 18.2 Å². The predicted molar refractivity (Wildman–Crippen MR) is 85.8 cm³/mol. The van der Waals surface area contributed by atoms with Crippen LogP contribution in [-0.2, 0) is 0 Å². The first kappa shape index (κ1) is 15.6. The third-order valence-electron chi connectivity index (χ3n) is 3.49. The molecule has 1 heterocycles. The number of non-ortho nitro benzene ring substituents is 1. The van der Waals surface area contributed by atoms with Gasteiger partial charge in [0.05, 0.1) is 32.3 Å². The molecule has 0 atom stereocenters. The number of nitrogens with zero attached hydrogens (tertiary/aromatic N) is 2. The minimum Gasteiger partial charge on any atom is -0.493 e. The number of methoxy groups -OCH3 is 3. The van der Waals surface area contributed by atoms with Crippen molar-refractivity contribution >= 4 is 16.8 Å². The van der Waals surface area contributed by atoms with E-state index in [-0.39, 0.29) is 5.69 Å². The number of nitro groups is 1. The molecule has 0 saturated heterocycles. The van der Waals surface area contributed by atoms with Crippen LogP contribution in [0.15, 0.2) is 34.7 Å². The first-order valence-corrected chi connectivity index (χ1v) is 6.92. The molecule has 0 amide bonds. The highest BCUT2D eigenvalue weighted by atomic mass is 16.6. The van der Waals surface area contributed by atoms with Crippen LogP contribution >= 0.6 is 0 Å². The number of fused-ring (bicyclic) bond motifs is 1. The summed E-state index contributed by atoms with van der Waals surface area (Å²) in [7, 11) is 4.53. The number of hydrogen-bond acceptors (Lipinski definition) is 7. The fourth-order valence-electron chi connectivity index (χ4n) is 2.35. The van der Waals surface area contributed by atoms with Crippen LogP contribution < -0.4 is 14.2 Å². The Balaban J connectivity index is 2.14. The quantitative estimate of drug-likeness (QED) is 0.522. The van der Waals surface area contributed by atoms with E-state index in [1.807, 2.05) is 0 Å². The van der Waals surface area contributed by atoms with Gasteiger partial charge in [0, 0.05) is 11.6 Å². The number of benzene rings is 2. The summed E-state index contributed by atoms with van der Waals surface area (Å²) in [5, 5.41) is 10.9. The van der Waals surface area contributed by atoms with E-state index >= 15 is 0 Å². The van der Waals surface area contributed by atoms with E-state index in [9.17, 15) is 10.1 Å². The maximum Gasteiger partial charge on any atom is 0.273 e. The molecule has 0 bridgehead atoms. The smallest absolute Gasteiger partial charge is 0.273 e. The standard InChI is InChI=1S/C16H14N2O6/c1-21-13-6-9(7-14(22-2)15(13)23-3)16-17-11-5-4-10(18(19)20)8-12(11)24-16/h4-8H,1-3H3. The van der Waals surface area contributed by atoms with E-state index in [2.05, 4.69) is 4.98 Å². The molecule has 8 nitrogen and oxygen atoms in total. The van der Waals surface area contributed by atoms with Gasteiger partial charge in [-0.05, 0) is 18.2 Å². The van der Waals surface area contributed by atoms with Crippen molar-refractivity contribution in [3.63, 3.8) is 0 Å². The molecule has 0 radical (unpaired) electrons. The largest absolute Gasteiger partial charge is 0.493 e. The molecule has 0 aliphatic heterocycles. The van der Waals surface area contributed by atoms with Crippen molar-refractivity contribution < 1.29 is 23.6 Å². The molecule has 0 aliphatic carbocycles. The van der Waals surface area contributed by atoms with Crippen molar-refractivity contribution in [3.8, 4) is 28.7 Å². The van der Waals surface area contributed by atoms with Gasteiger partial charge in [-0.15, -0.1) is 0 Å². The molecule has 0 aliphatic rings. The van der Waals surface area contributed by atoms with E-state index in [1.165, 1.54) is 33.5 Å². The van der Waals surface area contributed by atoms with E-state index < -0.39 is 4.92 Å². The Morgan fingerprint density at radius 3 is 2.25 bits per heavy atom. The van der Waals surface area contributed by atoms with Crippen LogP contribution in [0.2, 0.25) is 0 Å². The lowest BCUT2D eigenvalue weighted by Crippen LogP contribution is -1.95. The second-order valence-corrected chi connectivity index (χ2v) is 4.84. The van der Waals surface area contributed by atoms with E-state index in [0.717, 1.165) is 0 Å². The van der Waals surface area contributed by atoms with Crippen LogP contribution in [-0.4, -0.2) is 31.2 Å². The molecule has 0 N–H and O–H groups in total. The Labute approximate surface area is 136 Å². The van der Waals surface area contributed by atoms with Gasteiger partial charge in [0.1, 0.15) is 5.52 Å². The number of nitro benzene ring substituents is 1. The second-order valence-electron chi connectivity index (χ2n) is 4.84. The van der Waals surface area contributed by atoms with Gasteiger partial charge in [0.25, 0.3) is 5.69 Å². The zero-order valence-electron chi connectivity index (χ0n) is 13.2. The molecular formula is C16H14N2O6.